The van der Waals surface area contributed by atoms with Crippen molar-refractivity contribution in [1.29, 1.82) is 0 Å². The van der Waals surface area contributed by atoms with Gasteiger partial charge in [-0.2, -0.15) is 0 Å². The number of hydrogen-bond acceptors (Lipinski definition) is 2. The van der Waals surface area contributed by atoms with Gasteiger partial charge in [0, 0.05) is 38.0 Å². The van der Waals surface area contributed by atoms with E-state index < -0.39 is 0 Å². The standard InChI is InChI=1S/C44H31NO2.C14H14/c1-3-26(2)28-19-21-40-34(23-28)36-25-37-35-24-29(45-38-17-8-6-14-31(38)32-15-7-9-18-39(32)45)20-22-41(35)47-44(37)42(43(36)46-40)33-16-10-12-27-11-4-5-13-30(27)33;1-11-7-3-5-9-13(11)14-10-6-4-8-12(14)2/h4-26H,3H2,1-2H3;3-10H,1-2H3. The number of furan rings is 2. The molecule has 294 valence electrons. The molecule has 3 heteroatoms. The van der Waals surface area contributed by atoms with Gasteiger partial charge in [-0.3, -0.25) is 0 Å². The van der Waals surface area contributed by atoms with Crippen LogP contribution in [0.3, 0.4) is 0 Å². The number of benzene rings is 9. The molecule has 0 spiro atoms. The molecule has 1 atom stereocenters. The summed E-state index contributed by atoms with van der Waals surface area (Å²) in [5, 5.41) is 9.32. The molecule has 12 aromatic rings. The monoisotopic (exact) mass is 787 g/mol. The first-order valence-corrected chi connectivity index (χ1v) is 21.4. The van der Waals surface area contributed by atoms with Crippen LogP contribution in [0.2, 0.25) is 0 Å². The Labute approximate surface area is 355 Å². The lowest BCUT2D eigenvalue weighted by atomic mass is 9.93. The van der Waals surface area contributed by atoms with Gasteiger partial charge in [0.05, 0.1) is 16.6 Å². The number of para-hydroxylation sites is 2. The highest BCUT2D eigenvalue weighted by atomic mass is 16.3. The summed E-state index contributed by atoms with van der Waals surface area (Å²) in [6.07, 6.45) is 1.09. The van der Waals surface area contributed by atoms with Gasteiger partial charge in [-0.25, -0.2) is 0 Å². The number of aryl methyl sites for hydroxylation is 2. The zero-order chi connectivity index (χ0) is 41.2. The fourth-order valence-electron chi connectivity index (χ4n) is 9.46. The van der Waals surface area contributed by atoms with Crippen LogP contribution >= 0.6 is 0 Å². The normalized spacial score (nSPS) is 12.3. The summed E-state index contributed by atoms with van der Waals surface area (Å²) in [5.74, 6) is 0.467. The maximum Gasteiger partial charge on any atom is 0.147 e. The molecule has 0 aliphatic heterocycles. The molecule has 9 aromatic carbocycles. The van der Waals surface area contributed by atoms with Gasteiger partial charge in [-0.15, -0.1) is 0 Å². The van der Waals surface area contributed by atoms with E-state index in [4.69, 9.17) is 8.83 Å². The Morgan fingerprint density at radius 3 is 1.57 bits per heavy atom. The van der Waals surface area contributed by atoms with Crippen LogP contribution in [-0.2, 0) is 0 Å². The number of aromatic nitrogens is 1. The Morgan fingerprint density at radius 2 is 0.951 bits per heavy atom. The average molecular weight is 788 g/mol. The first-order valence-electron chi connectivity index (χ1n) is 21.4. The molecule has 0 amide bonds. The molecule has 0 aliphatic rings. The minimum Gasteiger partial charge on any atom is -0.455 e. The van der Waals surface area contributed by atoms with Crippen LogP contribution < -0.4 is 0 Å². The average Bonchev–Trinajstić information content (AvgIpc) is 3.97. The van der Waals surface area contributed by atoms with Crippen LogP contribution in [0.5, 0.6) is 0 Å². The molecular weight excluding hydrogens is 743 g/mol. The molecule has 0 saturated heterocycles. The van der Waals surface area contributed by atoms with E-state index in [0.29, 0.717) is 5.92 Å². The molecule has 3 heterocycles. The van der Waals surface area contributed by atoms with Gasteiger partial charge in [-0.1, -0.05) is 147 Å². The summed E-state index contributed by atoms with van der Waals surface area (Å²) in [7, 11) is 0. The van der Waals surface area contributed by atoms with Gasteiger partial charge in [0.2, 0.25) is 0 Å². The van der Waals surface area contributed by atoms with Crippen molar-refractivity contribution >= 4 is 76.5 Å². The van der Waals surface area contributed by atoms with Crippen molar-refractivity contribution in [1.82, 2.24) is 4.57 Å². The maximum atomic E-state index is 6.85. The van der Waals surface area contributed by atoms with Crippen LogP contribution in [0.25, 0.3) is 104 Å². The molecule has 3 nitrogen and oxygen atoms in total. The van der Waals surface area contributed by atoms with Gasteiger partial charge in [0.15, 0.2) is 0 Å². The summed E-state index contributed by atoms with van der Waals surface area (Å²) < 4.78 is 16.0. The molecule has 61 heavy (non-hydrogen) atoms. The lowest BCUT2D eigenvalue weighted by Crippen LogP contribution is -1.93. The Bertz CT molecular complexity index is 3530. The van der Waals surface area contributed by atoms with Crippen LogP contribution in [0.1, 0.15) is 42.9 Å². The number of fused-ring (bicyclic) bond motifs is 10. The minimum absolute atomic E-state index is 0.467. The molecule has 0 fully saturated rings. The number of nitrogens with zero attached hydrogens (tertiary/aromatic N) is 1. The lowest BCUT2D eigenvalue weighted by molar-refractivity contribution is 0.657. The van der Waals surface area contributed by atoms with Gasteiger partial charge < -0.3 is 13.4 Å². The molecule has 3 aromatic heterocycles. The summed E-state index contributed by atoms with van der Waals surface area (Å²) >= 11 is 0. The summed E-state index contributed by atoms with van der Waals surface area (Å²) in [4.78, 5) is 0. The van der Waals surface area contributed by atoms with E-state index in [1.165, 1.54) is 60.4 Å². The van der Waals surface area contributed by atoms with Crippen LogP contribution in [0, 0.1) is 13.8 Å². The third kappa shape index (κ3) is 6.03. The molecule has 0 bridgehead atoms. The first-order chi connectivity index (χ1) is 30.0. The predicted molar refractivity (Wildman–Crippen MR) is 258 cm³/mol. The summed E-state index contributed by atoms with van der Waals surface area (Å²) in [5.41, 5.74) is 15.8. The van der Waals surface area contributed by atoms with Crippen LogP contribution in [-0.4, -0.2) is 4.57 Å². The second-order valence-electron chi connectivity index (χ2n) is 16.5. The summed E-state index contributed by atoms with van der Waals surface area (Å²) in [6, 6.07) is 65.0. The minimum atomic E-state index is 0.467. The molecular formula is C58H45NO2. The van der Waals surface area contributed by atoms with Crippen molar-refractivity contribution in [2.75, 3.05) is 0 Å². The molecule has 12 rings (SSSR count). The molecule has 1 unspecified atom stereocenters. The van der Waals surface area contributed by atoms with E-state index in [1.54, 1.807) is 0 Å². The van der Waals surface area contributed by atoms with Crippen molar-refractivity contribution in [3.63, 3.8) is 0 Å². The highest BCUT2D eigenvalue weighted by molar-refractivity contribution is 6.24. The van der Waals surface area contributed by atoms with E-state index in [-0.39, 0.29) is 0 Å². The van der Waals surface area contributed by atoms with Gasteiger partial charge in [0.25, 0.3) is 0 Å². The fraction of sp³-hybridized carbons (Fsp3) is 0.103. The highest BCUT2D eigenvalue weighted by Gasteiger charge is 2.23. The number of hydrogen-bond donors (Lipinski definition) is 0. The highest BCUT2D eigenvalue weighted by Crippen LogP contribution is 2.47. The largest absolute Gasteiger partial charge is 0.455 e. The smallest absolute Gasteiger partial charge is 0.147 e. The Morgan fingerprint density at radius 1 is 0.443 bits per heavy atom. The van der Waals surface area contributed by atoms with Gasteiger partial charge in [-0.05, 0) is 119 Å². The Hall–Kier alpha value is -7.36. The predicted octanol–water partition coefficient (Wildman–Crippen LogP) is 16.9. The van der Waals surface area contributed by atoms with Crippen molar-refractivity contribution < 1.29 is 8.83 Å². The molecule has 0 aliphatic carbocycles. The van der Waals surface area contributed by atoms with E-state index in [9.17, 15) is 0 Å². The fourth-order valence-corrected chi connectivity index (χ4v) is 9.46. The van der Waals surface area contributed by atoms with E-state index >= 15 is 0 Å². The van der Waals surface area contributed by atoms with Crippen molar-refractivity contribution in [2.24, 2.45) is 0 Å². The third-order valence-electron chi connectivity index (χ3n) is 12.9. The second-order valence-corrected chi connectivity index (χ2v) is 16.5. The second kappa shape index (κ2) is 14.7. The Kier molecular flexibility index (Phi) is 8.86. The third-order valence-corrected chi connectivity index (χ3v) is 12.9. The molecule has 0 N–H and O–H groups in total. The van der Waals surface area contributed by atoms with Gasteiger partial charge >= 0.3 is 0 Å². The topological polar surface area (TPSA) is 31.2 Å². The zero-order valence-corrected chi connectivity index (χ0v) is 34.9. The lowest BCUT2D eigenvalue weighted by Gasteiger charge is -2.09. The van der Waals surface area contributed by atoms with Gasteiger partial charge in [0.1, 0.15) is 22.3 Å². The van der Waals surface area contributed by atoms with Crippen molar-refractivity contribution in [2.45, 2.75) is 40.0 Å². The van der Waals surface area contributed by atoms with Crippen molar-refractivity contribution in [3.05, 3.63) is 199 Å². The first kappa shape index (κ1) is 36.7. The van der Waals surface area contributed by atoms with E-state index in [1.807, 2.05) is 0 Å². The van der Waals surface area contributed by atoms with E-state index in [2.05, 4.69) is 214 Å². The van der Waals surface area contributed by atoms with E-state index in [0.717, 1.165) is 67.1 Å². The van der Waals surface area contributed by atoms with Crippen LogP contribution in [0.15, 0.2) is 191 Å². The van der Waals surface area contributed by atoms with Crippen molar-refractivity contribution in [3.8, 4) is 27.9 Å². The molecule has 0 saturated carbocycles. The maximum absolute atomic E-state index is 6.85. The van der Waals surface area contributed by atoms with Crippen LogP contribution in [0.4, 0.5) is 0 Å². The zero-order valence-electron chi connectivity index (χ0n) is 34.9. The molecule has 0 radical (unpaired) electrons. The summed E-state index contributed by atoms with van der Waals surface area (Å²) in [6.45, 7) is 8.85. The Balaban J connectivity index is 0.000000256. The SMILES string of the molecule is CCC(C)c1ccc2oc3c(-c4cccc5ccccc45)c4oc5ccc(-n6c7ccccc7c7ccccc76)cc5c4cc3c2c1.Cc1ccccc1-c1ccccc1C. The number of rotatable bonds is 5. The quantitative estimate of drug-likeness (QED) is 0.174.